The monoisotopic (exact) mass is 291 g/mol. The van der Waals surface area contributed by atoms with Crippen LogP contribution in [0.25, 0.3) is 0 Å². The molecule has 0 radical (unpaired) electrons. The van der Waals surface area contributed by atoms with Crippen molar-refractivity contribution in [1.29, 1.82) is 0 Å². The van der Waals surface area contributed by atoms with Crippen LogP contribution in [0.4, 0.5) is 0 Å². The van der Waals surface area contributed by atoms with E-state index in [9.17, 15) is 9.90 Å². The van der Waals surface area contributed by atoms with Crippen molar-refractivity contribution in [2.24, 2.45) is 5.92 Å². The van der Waals surface area contributed by atoms with Crippen LogP contribution in [0.15, 0.2) is 24.3 Å². The van der Waals surface area contributed by atoms with Gasteiger partial charge in [-0.1, -0.05) is 29.8 Å². The van der Waals surface area contributed by atoms with Crippen molar-refractivity contribution >= 4 is 5.97 Å². The van der Waals surface area contributed by atoms with E-state index in [-0.39, 0.29) is 5.92 Å². The first-order valence-electron chi connectivity index (χ1n) is 7.59. The number of carbonyl (C=O) groups excluding carboxylic acids is 1. The summed E-state index contributed by atoms with van der Waals surface area (Å²) in [6, 6.07) is 8.94. The molecule has 1 N–H and O–H groups in total. The molecule has 0 aliphatic carbocycles. The average Bonchev–Trinajstić information content (AvgIpc) is 2.53. The Balaban J connectivity index is 1.93. The van der Waals surface area contributed by atoms with Crippen LogP contribution in [0.2, 0.25) is 0 Å². The molecule has 4 nitrogen and oxygen atoms in total. The first kappa shape index (κ1) is 16.0. The summed E-state index contributed by atoms with van der Waals surface area (Å²) in [5.74, 6) is -0.501. The lowest BCUT2D eigenvalue weighted by atomic mass is 9.90. The van der Waals surface area contributed by atoms with E-state index < -0.39 is 12.1 Å². The molecule has 2 atom stereocenters. The number of esters is 1. The van der Waals surface area contributed by atoms with E-state index in [0.29, 0.717) is 6.04 Å². The van der Waals surface area contributed by atoms with E-state index in [1.54, 1.807) is 0 Å². The molecule has 1 aromatic carbocycles. The van der Waals surface area contributed by atoms with Crippen LogP contribution in [-0.4, -0.2) is 42.3 Å². The second-order valence-corrected chi connectivity index (χ2v) is 5.93. The topological polar surface area (TPSA) is 49.8 Å². The fourth-order valence-corrected chi connectivity index (χ4v) is 3.08. The summed E-state index contributed by atoms with van der Waals surface area (Å²) < 4.78 is 4.62. The SMILES string of the molecule is COC(=O)C(O)C1CCN(C(C)c2cccc(C)c2)CC1. The van der Waals surface area contributed by atoms with E-state index >= 15 is 0 Å². The number of nitrogens with zero attached hydrogens (tertiary/aromatic N) is 1. The van der Waals surface area contributed by atoms with Crippen molar-refractivity contribution in [1.82, 2.24) is 4.90 Å². The Hall–Kier alpha value is -1.39. The van der Waals surface area contributed by atoms with Gasteiger partial charge in [0.2, 0.25) is 0 Å². The third-order valence-electron chi connectivity index (χ3n) is 4.54. The molecule has 0 saturated carbocycles. The van der Waals surface area contributed by atoms with Crippen LogP contribution in [-0.2, 0) is 9.53 Å². The molecule has 0 bridgehead atoms. The first-order chi connectivity index (χ1) is 10.0. The summed E-state index contributed by atoms with van der Waals surface area (Å²) in [5.41, 5.74) is 2.59. The number of benzene rings is 1. The third-order valence-corrected chi connectivity index (χ3v) is 4.54. The van der Waals surface area contributed by atoms with E-state index in [1.807, 2.05) is 0 Å². The minimum atomic E-state index is -0.980. The summed E-state index contributed by atoms with van der Waals surface area (Å²) in [4.78, 5) is 13.8. The van der Waals surface area contributed by atoms with Crippen molar-refractivity contribution < 1.29 is 14.6 Å². The summed E-state index contributed by atoms with van der Waals surface area (Å²) >= 11 is 0. The molecule has 0 spiro atoms. The zero-order chi connectivity index (χ0) is 15.4. The predicted octanol–water partition coefficient (Wildman–Crippen LogP) is 2.30. The van der Waals surface area contributed by atoms with Gasteiger partial charge in [-0.25, -0.2) is 4.79 Å². The number of hydrogen-bond donors (Lipinski definition) is 1. The zero-order valence-electron chi connectivity index (χ0n) is 13.1. The smallest absolute Gasteiger partial charge is 0.334 e. The number of likely N-dealkylation sites (tertiary alicyclic amines) is 1. The van der Waals surface area contributed by atoms with Gasteiger partial charge in [0, 0.05) is 6.04 Å². The number of aliphatic hydroxyl groups is 1. The molecule has 1 saturated heterocycles. The molecule has 4 heteroatoms. The highest BCUT2D eigenvalue weighted by molar-refractivity contribution is 5.74. The maximum absolute atomic E-state index is 11.4. The Morgan fingerprint density at radius 1 is 1.38 bits per heavy atom. The standard InChI is InChI=1S/C17H25NO3/c1-12-5-4-6-15(11-12)13(2)18-9-7-14(8-10-18)16(19)17(20)21-3/h4-6,11,13-14,16,19H,7-10H2,1-3H3. The van der Waals surface area contributed by atoms with Crippen LogP contribution in [0.5, 0.6) is 0 Å². The van der Waals surface area contributed by atoms with Crippen LogP contribution in [0, 0.1) is 12.8 Å². The van der Waals surface area contributed by atoms with Gasteiger partial charge in [0.25, 0.3) is 0 Å². The van der Waals surface area contributed by atoms with Crippen molar-refractivity contribution in [2.45, 2.75) is 38.8 Å². The lowest BCUT2D eigenvalue weighted by Gasteiger charge is -2.37. The van der Waals surface area contributed by atoms with Crippen LogP contribution < -0.4 is 0 Å². The van der Waals surface area contributed by atoms with Crippen LogP contribution in [0.3, 0.4) is 0 Å². The number of aliphatic hydroxyl groups excluding tert-OH is 1. The normalized spacial score (nSPS) is 20.0. The molecule has 1 aliphatic rings. The van der Waals surface area contributed by atoms with Crippen molar-refractivity contribution in [3.63, 3.8) is 0 Å². The molecular weight excluding hydrogens is 266 g/mol. The molecule has 116 valence electrons. The number of aryl methyl sites for hydroxylation is 1. The fourth-order valence-electron chi connectivity index (χ4n) is 3.08. The molecule has 1 aromatic rings. The highest BCUT2D eigenvalue weighted by Crippen LogP contribution is 2.28. The number of methoxy groups -OCH3 is 1. The lowest BCUT2D eigenvalue weighted by Crippen LogP contribution is -2.41. The van der Waals surface area contributed by atoms with E-state index in [0.717, 1.165) is 25.9 Å². The van der Waals surface area contributed by atoms with Gasteiger partial charge in [-0.2, -0.15) is 0 Å². The van der Waals surface area contributed by atoms with Crippen molar-refractivity contribution in [3.8, 4) is 0 Å². The molecule has 0 aromatic heterocycles. The number of ether oxygens (including phenoxy) is 1. The Bertz CT molecular complexity index is 481. The quantitative estimate of drug-likeness (QED) is 0.865. The third kappa shape index (κ3) is 3.83. The van der Waals surface area contributed by atoms with E-state index in [1.165, 1.54) is 18.2 Å². The second kappa shape index (κ2) is 7.05. The van der Waals surface area contributed by atoms with Crippen LogP contribution in [0.1, 0.15) is 36.9 Å². The number of rotatable bonds is 4. The summed E-state index contributed by atoms with van der Waals surface area (Å²) in [7, 11) is 1.32. The van der Waals surface area contributed by atoms with Gasteiger partial charge in [0.15, 0.2) is 6.10 Å². The van der Waals surface area contributed by atoms with E-state index in [4.69, 9.17) is 0 Å². The molecular formula is C17H25NO3. The Morgan fingerprint density at radius 2 is 2.05 bits per heavy atom. The minimum absolute atomic E-state index is 0.0124. The van der Waals surface area contributed by atoms with Gasteiger partial charge >= 0.3 is 5.97 Å². The minimum Gasteiger partial charge on any atom is -0.467 e. The van der Waals surface area contributed by atoms with Crippen molar-refractivity contribution in [3.05, 3.63) is 35.4 Å². The number of carbonyl (C=O) groups is 1. The van der Waals surface area contributed by atoms with Gasteiger partial charge in [-0.15, -0.1) is 0 Å². The average molecular weight is 291 g/mol. The van der Waals surface area contributed by atoms with Gasteiger partial charge < -0.3 is 9.84 Å². The first-order valence-corrected chi connectivity index (χ1v) is 7.59. The van der Waals surface area contributed by atoms with Gasteiger partial charge in [-0.3, -0.25) is 4.90 Å². The number of piperidine rings is 1. The van der Waals surface area contributed by atoms with Crippen LogP contribution >= 0.6 is 0 Å². The predicted molar refractivity (Wildman–Crippen MR) is 81.9 cm³/mol. The molecule has 1 aliphatic heterocycles. The fraction of sp³-hybridized carbons (Fsp3) is 0.588. The highest BCUT2D eigenvalue weighted by atomic mass is 16.5. The van der Waals surface area contributed by atoms with Gasteiger partial charge in [0.05, 0.1) is 7.11 Å². The van der Waals surface area contributed by atoms with Crippen molar-refractivity contribution in [2.75, 3.05) is 20.2 Å². The molecule has 21 heavy (non-hydrogen) atoms. The molecule has 0 amide bonds. The van der Waals surface area contributed by atoms with Gasteiger partial charge in [-0.05, 0) is 51.3 Å². The molecule has 1 heterocycles. The second-order valence-electron chi connectivity index (χ2n) is 5.93. The Morgan fingerprint density at radius 3 is 2.62 bits per heavy atom. The van der Waals surface area contributed by atoms with Gasteiger partial charge in [0.1, 0.15) is 0 Å². The van der Waals surface area contributed by atoms with E-state index in [2.05, 4.69) is 47.7 Å². The highest BCUT2D eigenvalue weighted by Gasteiger charge is 2.31. The molecule has 2 unspecified atom stereocenters. The largest absolute Gasteiger partial charge is 0.467 e. The maximum Gasteiger partial charge on any atom is 0.334 e. The maximum atomic E-state index is 11.4. The molecule has 2 rings (SSSR count). The zero-order valence-corrected chi connectivity index (χ0v) is 13.1. The Labute approximate surface area is 126 Å². The summed E-state index contributed by atoms with van der Waals surface area (Å²) in [5, 5.41) is 9.93. The Kier molecular flexibility index (Phi) is 5.37. The summed E-state index contributed by atoms with van der Waals surface area (Å²) in [6.07, 6.45) is 0.671. The number of hydrogen-bond acceptors (Lipinski definition) is 4. The summed E-state index contributed by atoms with van der Waals surface area (Å²) in [6.45, 7) is 6.11. The lowest BCUT2D eigenvalue weighted by molar-refractivity contribution is -0.154. The molecule has 1 fully saturated rings.